The van der Waals surface area contributed by atoms with Gasteiger partial charge in [-0.1, -0.05) is 0 Å². The molecule has 3 heteroatoms. The van der Waals surface area contributed by atoms with Gasteiger partial charge < -0.3 is 4.74 Å². The monoisotopic (exact) mass is 206 g/mol. The van der Waals surface area contributed by atoms with Crippen LogP contribution < -0.4 is 4.74 Å². The van der Waals surface area contributed by atoms with Crippen molar-refractivity contribution in [3.05, 3.63) is 29.6 Å². The smallest absolute Gasteiger partial charge is 0.153 e. The summed E-state index contributed by atoms with van der Waals surface area (Å²) in [5.74, 6) is 2.42. The van der Waals surface area contributed by atoms with Gasteiger partial charge in [-0.15, -0.1) is 12.3 Å². The molecule has 0 heterocycles. The molecule has 15 heavy (non-hydrogen) atoms. The Morgan fingerprint density at radius 2 is 2.33 bits per heavy atom. The number of rotatable bonds is 5. The Hall–Kier alpha value is -1.82. The van der Waals surface area contributed by atoms with Crippen molar-refractivity contribution < 1.29 is 13.9 Å². The first-order valence-electron chi connectivity index (χ1n) is 4.59. The number of hydrogen-bond acceptors (Lipinski definition) is 2. The third-order valence-electron chi connectivity index (χ3n) is 1.82. The molecule has 0 aliphatic carbocycles. The first-order chi connectivity index (χ1) is 7.27. The van der Waals surface area contributed by atoms with Crippen molar-refractivity contribution in [3.8, 4) is 18.1 Å². The van der Waals surface area contributed by atoms with Gasteiger partial charge in [0.15, 0.2) is 6.29 Å². The van der Waals surface area contributed by atoms with Gasteiger partial charge in [0.1, 0.15) is 11.6 Å². The summed E-state index contributed by atoms with van der Waals surface area (Å²) >= 11 is 0. The molecule has 2 nitrogen and oxygen atoms in total. The number of terminal acetylenes is 1. The first kappa shape index (κ1) is 11.3. The lowest BCUT2D eigenvalue weighted by Gasteiger charge is -2.06. The van der Waals surface area contributed by atoms with Gasteiger partial charge >= 0.3 is 0 Å². The maximum Gasteiger partial charge on any atom is 0.153 e. The minimum absolute atomic E-state index is 0.218. The molecule has 0 radical (unpaired) electrons. The molecule has 78 valence electrons. The summed E-state index contributed by atoms with van der Waals surface area (Å²) in [6, 6.07) is 3.84. The molecule has 0 aromatic heterocycles. The van der Waals surface area contributed by atoms with E-state index >= 15 is 0 Å². The SMILES string of the molecule is C#CCCCOc1ccc(F)cc1C=O. The molecule has 0 bridgehead atoms. The predicted molar refractivity (Wildman–Crippen MR) is 55.3 cm³/mol. The molecular weight excluding hydrogens is 195 g/mol. The molecule has 0 spiro atoms. The summed E-state index contributed by atoms with van der Waals surface area (Å²) < 4.78 is 18.0. The Labute approximate surface area is 88.1 Å². The maximum atomic E-state index is 12.7. The Balaban J connectivity index is 2.60. The molecule has 1 aromatic rings. The molecular formula is C12H11FO2. The quantitative estimate of drug-likeness (QED) is 0.420. The number of halogens is 1. The van der Waals surface area contributed by atoms with Crippen LogP contribution in [0, 0.1) is 18.2 Å². The molecule has 0 aliphatic rings. The van der Waals surface area contributed by atoms with Crippen molar-refractivity contribution in [1.82, 2.24) is 0 Å². The Morgan fingerprint density at radius 3 is 3.00 bits per heavy atom. The second-order valence-corrected chi connectivity index (χ2v) is 2.96. The fourth-order valence-corrected chi connectivity index (χ4v) is 1.10. The maximum absolute atomic E-state index is 12.7. The van der Waals surface area contributed by atoms with Gasteiger partial charge in [0.2, 0.25) is 0 Å². The fraction of sp³-hybridized carbons (Fsp3) is 0.250. The van der Waals surface area contributed by atoms with E-state index in [1.807, 2.05) is 0 Å². The average molecular weight is 206 g/mol. The second kappa shape index (κ2) is 5.82. The van der Waals surface area contributed by atoms with Gasteiger partial charge in [0.25, 0.3) is 0 Å². The Kier molecular flexibility index (Phi) is 4.36. The van der Waals surface area contributed by atoms with E-state index < -0.39 is 5.82 Å². The highest BCUT2D eigenvalue weighted by molar-refractivity contribution is 5.79. The predicted octanol–water partition coefficient (Wildman–Crippen LogP) is 2.43. The first-order valence-corrected chi connectivity index (χ1v) is 4.59. The lowest BCUT2D eigenvalue weighted by Crippen LogP contribution is -2.00. The third-order valence-corrected chi connectivity index (χ3v) is 1.82. The lowest BCUT2D eigenvalue weighted by molar-refractivity contribution is 0.111. The number of carbonyl (C=O) groups is 1. The highest BCUT2D eigenvalue weighted by atomic mass is 19.1. The van der Waals surface area contributed by atoms with Gasteiger partial charge in [-0.3, -0.25) is 4.79 Å². The van der Waals surface area contributed by atoms with E-state index in [2.05, 4.69) is 5.92 Å². The largest absolute Gasteiger partial charge is 0.493 e. The van der Waals surface area contributed by atoms with Crippen LogP contribution in [-0.2, 0) is 0 Å². The van der Waals surface area contributed by atoms with E-state index in [4.69, 9.17) is 11.2 Å². The normalized spacial score (nSPS) is 9.33. The van der Waals surface area contributed by atoms with Crippen molar-refractivity contribution in [2.45, 2.75) is 12.8 Å². The summed E-state index contributed by atoms with van der Waals surface area (Å²) in [4.78, 5) is 10.6. The van der Waals surface area contributed by atoms with Gasteiger partial charge in [0.05, 0.1) is 12.2 Å². The zero-order valence-electron chi connectivity index (χ0n) is 8.20. The van der Waals surface area contributed by atoms with Crippen LogP contribution in [0.5, 0.6) is 5.75 Å². The van der Waals surface area contributed by atoms with Crippen LogP contribution in [0.15, 0.2) is 18.2 Å². The van der Waals surface area contributed by atoms with Gasteiger partial charge in [0, 0.05) is 6.42 Å². The van der Waals surface area contributed by atoms with Crippen molar-refractivity contribution in [3.63, 3.8) is 0 Å². The molecule has 1 rings (SSSR count). The minimum Gasteiger partial charge on any atom is -0.493 e. The number of benzene rings is 1. The second-order valence-electron chi connectivity index (χ2n) is 2.96. The number of unbranched alkanes of at least 4 members (excludes halogenated alkanes) is 1. The van der Waals surface area contributed by atoms with Gasteiger partial charge in [-0.05, 0) is 24.6 Å². The van der Waals surface area contributed by atoms with E-state index in [1.54, 1.807) is 0 Å². The summed E-state index contributed by atoms with van der Waals surface area (Å²) in [6.07, 6.45) is 6.98. The summed E-state index contributed by atoms with van der Waals surface area (Å²) in [7, 11) is 0. The van der Waals surface area contributed by atoms with E-state index in [9.17, 15) is 9.18 Å². The van der Waals surface area contributed by atoms with Crippen molar-refractivity contribution in [2.75, 3.05) is 6.61 Å². The van der Waals surface area contributed by atoms with Crippen molar-refractivity contribution >= 4 is 6.29 Å². The molecule has 0 aliphatic heterocycles. The highest BCUT2D eigenvalue weighted by Crippen LogP contribution is 2.17. The lowest BCUT2D eigenvalue weighted by atomic mass is 10.2. The van der Waals surface area contributed by atoms with Crippen LogP contribution in [0.2, 0.25) is 0 Å². The van der Waals surface area contributed by atoms with Crippen LogP contribution in [-0.4, -0.2) is 12.9 Å². The number of aldehydes is 1. The summed E-state index contributed by atoms with van der Waals surface area (Å²) in [5.41, 5.74) is 0.218. The average Bonchev–Trinajstić information content (AvgIpc) is 2.26. The Bertz CT molecular complexity index is 380. The summed E-state index contributed by atoms with van der Waals surface area (Å²) in [5, 5.41) is 0. The molecule has 0 unspecified atom stereocenters. The molecule has 0 fully saturated rings. The molecule has 1 aromatic carbocycles. The van der Waals surface area contributed by atoms with Crippen molar-refractivity contribution in [2.24, 2.45) is 0 Å². The summed E-state index contributed by atoms with van der Waals surface area (Å²) in [6.45, 7) is 0.427. The molecule has 0 N–H and O–H groups in total. The Morgan fingerprint density at radius 1 is 1.53 bits per heavy atom. The van der Waals surface area contributed by atoms with Crippen LogP contribution in [0.25, 0.3) is 0 Å². The zero-order chi connectivity index (χ0) is 11.1. The zero-order valence-corrected chi connectivity index (χ0v) is 8.20. The number of ether oxygens (including phenoxy) is 1. The van der Waals surface area contributed by atoms with Crippen LogP contribution in [0.4, 0.5) is 4.39 Å². The molecule has 0 amide bonds. The van der Waals surface area contributed by atoms with Crippen LogP contribution in [0.1, 0.15) is 23.2 Å². The van der Waals surface area contributed by atoms with E-state index in [-0.39, 0.29) is 5.56 Å². The molecule has 0 saturated carbocycles. The minimum atomic E-state index is -0.451. The van der Waals surface area contributed by atoms with Crippen molar-refractivity contribution in [1.29, 1.82) is 0 Å². The van der Waals surface area contributed by atoms with Crippen LogP contribution in [0.3, 0.4) is 0 Å². The van der Waals surface area contributed by atoms with Gasteiger partial charge in [-0.2, -0.15) is 0 Å². The fourth-order valence-electron chi connectivity index (χ4n) is 1.10. The van der Waals surface area contributed by atoms with Crippen LogP contribution >= 0.6 is 0 Å². The molecule has 0 atom stereocenters. The number of hydrogen-bond donors (Lipinski definition) is 0. The molecule has 0 saturated heterocycles. The van der Waals surface area contributed by atoms with Gasteiger partial charge in [-0.25, -0.2) is 4.39 Å². The van der Waals surface area contributed by atoms with E-state index in [1.165, 1.54) is 12.1 Å². The van der Waals surface area contributed by atoms with E-state index in [0.717, 1.165) is 6.07 Å². The standard InChI is InChI=1S/C12H11FO2/c1-2-3-4-7-15-12-6-5-11(13)8-10(12)9-14/h1,5-6,8-9H,3-4,7H2. The number of carbonyl (C=O) groups excluding carboxylic acids is 1. The topological polar surface area (TPSA) is 26.3 Å². The third kappa shape index (κ3) is 3.43. The van der Waals surface area contributed by atoms with E-state index in [0.29, 0.717) is 31.5 Å². The highest BCUT2D eigenvalue weighted by Gasteiger charge is 2.03.